The van der Waals surface area contributed by atoms with Crippen molar-refractivity contribution < 1.29 is 10.0 Å². The average Bonchev–Trinajstić information content (AvgIpc) is 3.21. The molecule has 9 heteroatoms. The van der Waals surface area contributed by atoms with Crippen LogP contribution < -0.4 is 5.32 Å². The molecule has 1 aromatic heterocycles. The van der Waals surface area contributed by atoms with Gasteiger partial charge in [-0.05, 0) is 34.1 Å². The summed E-state index contributed by atoms with van der Waals surface area (Å²) in [6.07, 6.45) is 3.59. The summed E-state index contributed by atoms with van der Waals surface area (Å²) in [6, 6.07) is 12.1. The summed E-state index contributed by atoms with van der Waals surface area (Å²) in [6.45, 7) is 0. The van der Waals surface area contributed by atoms with Gasteiger partial charge in [0.1, 0.15) is 0 Å². The number of nitrogens with one attached hydrogen (secondary N) is 1. The van der Waals surface area contributed by atoms with Crippen LogP contribution in [0.15, 0.2) is 51.9 Å². The molecule has 1 aliphatic rings. The highest BCUT2D eigenvalue weighted by atomic mass is 79.9. The highest BCUT2D eigenvalue weighted by Crippen LogP contribution is 2.38. The number of rotatable bonds is 4. The predicted octanol–water partition coefficient (Wildman–Crippen LogP) is 5.52. The van der Waals surface area contributed by atoms with Gasteiger partial charge in [0.15, 0.2) is 5.13 Å². The Morgan fingerprint density at radius 1 is 1.26 bits per heavy atom. The van der Waals surface area contributed by atoms with Gasteiger partial charge >= 0.3 is 0 Å². The number of aromatic hydroxyl groups is 1. The quantitative estimate of drug-likeness (QED) is 0.409. The molecule has 0 atom stereocenters. The van der Waals surface area contributed by atoms with Crippen molar-refractivity contribution in [3.05, 3.63) is 67.5 Å². The highest BCUT2D eigenvalue weighted by Gasteiger charge is 2.16. The minimum Gasteiger partial charge on any atom is -0.492 e. The van der Waals surface area contributed by atoms with Crippen molar-refractivity contribution in [1.29, 1.82) is 0 Å². The van der Waals surface area contributed by atoms with E-state index < -0.39 is 4.92 Å². The summed E-state index contributed by atoms with van der Waals surface area (Å²) in [5, 5.41) is 24.5. The van der Waals surface area contributed by atoms with Crippen molar-refractivity contribution >= 4 is 67.3 Å². The first-order valence-electron chi connectivity index (χ1n) is 7.77. The summed E-state index contributed by atoms with van der Waals surface area (Å²) in [7, 11) is 0. The molecule has 0 unspecified atom stereocenters. The number of anilines is 2. The van der Waals surface area contributed by atoms with E-state index in [9.17, 15) is 15.2 Å². The molecule has 7 nitrogen and oxygen atoms in total. The molecule has 0 fully saturated rings. The number of hydrogen-bond donors (Lipinski definition) is 2. The maximum atomic E-state index is 10.8. The number of allylic oxidation sites excluding steroid dienone is 1. The van der Waals surface area contributed by atoms with Crippen LogP contribution in [0.4, 0.5) is 22.2 Å². The van der Waals surface area contributed by atoms with Crippen molar-refractivity contribution in [3.63, 3.8) is 0 Å². The minimum atomic E-state index is -0.463. The van der Waals surface area contributed by atoms with Crippen LogP contribution >= 0.6 is 27.3 Å². The Bertz CT molecular complexity index is 1120. The molecule has 134 valence electrons. The molecule has 2 heterocycles. The average molecular weight is 443 g/mol. The molecule has 1 aliphatic heterocycles. The first-order chi connectivity index (χ1) is 13.0. The molecule has 27 heavy (non-hydrogen) atoms. The molecule has 3 aromatic rings. The molecule has 0 radical (unpaired) electrons. The number of benzene rings is 2. The predicted molar refractivity (Wildman–Crippen MR) is 110 cm³/mol. The van der Waals surface area contributed by atoms with Crippen LogP contribution in [0.25, 0.3) is 11.6 Å². The van der Waals surface area contributed by atoms with Crippen LogP contribution in [-0.2, 0) is 0 Å². The Kier molecular flexibility index (Phi) is 4.46. The molecule has 0 aliphatic carbocycles. The highest BCUT2D eigenvalue weighted by molar-refractivity contribution is 9.10. The van der Waals surface area contributed by atoms with Gasteiger partial charge in [0, 0.05) is 34.0 Å². The molecule has 0 amide bonds. The second-order valence-corrected chi connectivity index (χ2v) is 7.51. The Hall–Kier alpha value is -3.04. The summed E-state index contributed by atoms with van der Waals surface area (Å²) >= 11 is 4.58. The SMILES string of the molecule is O=[N+]([O-])c1ccc(Nc2nc(O)c(C=C3C=Nc4ccccc43)s2)c(Br)c1. The lowest BCUT2D eigenvalue weighted by Gasteiger charge is -2.04. The van der Waals surface area contributed by atoms with Gasteiger partial charge in [-0.2, -0.15) is 4.98 Å². The number of nitrogens with zero attached hydrogens (tertiary/aromatic N) is 3. The minimum absolute atomic E-state index is 0.0148. The lowest BCUT2D eigenvalue weighted by molar-refractivity contribution is -0.384. The van der Waals surface area contributed by atoms with E-state index in [-0.39, 0.29) is 11.6 Å². The number of fused-ring (bicyclic) bond motifs is 1. The molecule has 0 saturated heterocycles. The van der Waals surface area contributed by atoms with Gasteiger partial charge < -0.3 is 10.4 Å². The van der Waals surface area contributed by atoms with Crippen molar-refractivity contribution in [3.8, 4) is 5.88 Å². The zero-order chi connectivity index (χ0) is 19.0. The largest absolute Gasteiger partial charge is 0.492 e. The zero-order valence-corrected chi connectivity index (χ0v) is 16.0. The van der Waals surface area contributed by atoms with Gasteiger partial charge in [-0.15, -0.1) is 0 Å². The Balaban J connectivity index is 1.61. The normalized spacial score (nSPS) is 13.7. The van der Waals surface area contributed by atoms with Crippen LogP contribution in [0, 0.1) is 10.1 Å². The number of non-ortho nitro benzene ring substituents is 1. The fraction of sp³-hybridized carbons (Fsp3) is 0. The Labute approximate surface area is 166 Å². The fourth-order valence-electron chi connectivity index (χ4n) is 2.60. The summed E-state index contributed by atoms with van der Waals surface area (Å²) in [5.41, 5.74) is 3.38. The van der Waals surface area contributed by atoms with E-state index in [1.165, 1.54) is 23.5 Å². The Morgan fingerprint density at radius 3 is 2.85 bits per heavy atom. The molecular weight excluding hydrogens is 432 g/mol. The smallest absolute Gasteiger partial charge is 0.270 e. The maximum absolute atomic E-state index is 10.8. The third kappa shape index (κ3) is 3.46. The van der Waals surface area contributed by atoms with E-state index >= 15 is 0 Å². The van der Waals surface area contributed by atoms with Crippen LogP contribution in [0.2, 0.25) is 0 Å². The summed E-state index contributed by atoms with van der Waals surface area (Å²) in [5.74, 6) is -0.0918. The van der Waals surface area contributed by atoms with Crippen LogP contribution in [0.5, 0.6) is 5.88 Å². The van der Waals surface area contributed by atoms with Crippen molar-refractivity contribution in [2.45, 2.75) is 0 Å². The first-order valence-corrected chi connectivity index (χ1v) is 9.38. The summed E-state index contributed by atoms with van der Waals surface area (Å²) in [4.78, 5) is 19.4. The van der Waals surface area contributed by atoms with Crippen LogP contribution in [-0.4, -0.2) is 21.2 Å². The number of nitro groups is 1. The standard InChI is InChI=1S/C18H11BrN4O3S/c19-13-8-11(23(25)26)5-6-15(13)21-18-22-17(24)16(27-18)7-10-9-20-14-4-2-1-3-12(10)14/h1-9,24H,(H,21,22). The second-order valence-electron chi connectivity index (χ2n) is 5.63. The third-order valence-electron chi connectivity index (χ3n) is 3.88. The van der Waals surface area contributed by atoms with E-state index in [1.54, 1.807) is 12.3 Å². The number of aromatic nitrogens is 1. The number of aliphatic imine (C=N–C) groups is 1. The van der Waals surface area contributed by atoms with Crippen molar-refractivity contribution in [2.75, 3.05) is 5.32 Å². The fourth-order valence-corrected chi connectivity index (χ4v) is 3.89. The third-order valence-corrected chi connectivity index (χ3v) is 5.45. The van der Waals surface area contributed by atoms with Crippen LogP contribution in [0.3, 0.4) is 0 Å². The van der Waals surface area contributed by atoms with Gasteiger partial charge in [-0.3, -0.25) is 15.1 Å². The number of nitro benzene ring substituents is 1. The van der Waals surface area contributed by atoms with Crippen molar-refractivity contribution in [2.24, 2.45) is 4.99 Å². The topological polar surface area (TPSA) is 101 Å². The zero-order valence-electron chi connectivity index (χ0n) is 13.6. The molecule has 4 rings (SSSR count). The maximum Gasteiger partial charge on any atom is 0.270 e. The molecule has 2 aromatic carbocycles. The van der Waals surface area contributed by atoms with E-state index in [1.807, 2.05) is 30.3 Å². The molecule has 0 spiro atoms. The monoisotopic (exact) mass is 442 g/mol. The van der Waals surface area contributed by atoms with Crippen molar-refractivity contribution in [1.82, 2.24) is 4.98 Å². The Morgan fingerprint density at radius 2 is 2.07 bits per heavy atom. The van der Waals surface area contributed by atoms with Gasteiger partial charge in [0.2, 0.25) is 5.88 Å². The van der Waals surface area contributed by atoms with Gasteiger partial charge in [-0.1, -0.05) is 29.5 Å². The molecule has 2 N–H and O–H groups in total. The van der Waals surface area contributed by atoms with E-state index in [4.69, 9.17) is 0 Å². The van der Waals surface area contributed by atoms with Gasteiger partial charge in [0.25, 0.3) is 5.69 Å². The second kappa shape index (κ2) is 6.93. The lowest BCUT2D eigenvalue weighted by atomic mass is 10.1. The van der Waals surface area contributed by atoms with E-state index in [2.05, 4.69) is 31.2 Å². The number of hydrogen-bond acceptors (Lipinski definition) is 7. The van der Waals surface area contributed by atoms with E-state index in [0.29, 0.717) is 20.2 Å². The molecule has 0 bridgehead atoms. The van der Waals surface area contributed by atoms with Crippen LogP contribution in [0.1, 0.15) is 10.4 Å². The van der Waals surface area contributed by atoms with Gasteiger partial charge in [0.05, 0.1) is 21.2 Å². The molecule has 0 saturated carbocycles. The number of halogens is 1. The van der Waals surface area contributed by atoms with E-state index in [0.717, 1.165) is 16.8 Å². The van der Waals surface area contributed by atoms with Gasteiger partial charge in [-0.25, -0.2) is 0 Å². The first kappa shape index (κ1) is 17.4. The number of thiazole rings is 1. The summed E-state index contributed by atoms with van der Waals surface area (Å²) < 4.78 is 0.531. The molecular formula is C18H11BrN4O3S. The number of para-hydroxylation sites is 1. The lowest BCUT2D eigenvalue weighted by Crippen LogP contribution is -1.93.